The van der Waals surface area contributed by atoms with Crippen LogP contribution < -0.4 is 5.84 Å². The number of nitrogens with zero attached hydrogens (tertiary/aromatic N) is 1. The first kappa shape index (κ1) is 13.1. The Morgan fingerprint density at radius 2 is 1.72 bits per heavy atom. The monoisotopic (exact) mass is 246 g/mol. The minimum Gasteiger partial charge on any atom is -0.283 e. The number of benzene rings is 1. The van der Waals surface area contributed by atoms with Gasteiger partial charge in [0.25, 0.3) is 0 Å². The Morgan fingerprint density at radius 3 is 2.06 bits per heavy atom. The maximum Gasteiger partial charge on any atom is 0.246 e. The Balaban J connectivity index is 2.28. The van der Waals surface area contributed by atoms with Gasteiger partial charge in [0.2, 0.25) is 5.91 Å². The highest BCUT2D eigenvalue weighted by atomic mass is 16.2. The zero-order valence-corrected chi connectivity index (χ0v) is 11.7. The summed E-state index contributed by atoms with van der Waals surface area (Å²) in [5.74, 6) is 5.60. The first-order chi connectivity index (χ1) is 8.27. The lowest BCUT2D eigenvalue weighted by molar-refractivity contribution is -0.132. The van der Waals surface area contributed by atoms with Crippen molar-refractivity contribution in [2.24, 2.45) is 5.84 Å². The van der Waals surface area contributed by atoms with Crippen LogP contribution in [0.3, 0.4) is 0 Å². The summed E-state index contributed by atoms with van der Waals surface area (Å²) in [4.78, 5) is 12.1. The van der Waals surface area contributed by atoms with Crippen LogP contribution in [0, 0.1) is 0 Å². The molecule has 0 saturated heterocycles. The lowest BCUT2D eigenvalue weighted by Crippen LogP contribution is -2.41. The van der Waals surface area contributed by atoms with Gasteiger partial charge in [0.15, 0.2) is 0 Å². The number of hydrogen-bond donors (Lipinski definition) is 1. The predicted molar refractivity (Wildman–Crippen MR) is 73.0 cm³/mol. The molecule has 1 aliphatic rings. The molecule has 18 heavy (non-hydrogen) atoms. The van der Waals surface area contributed by atoms with Gasteiger partial charge >= 0.3 is 0 Å². The van der Waals surface area contributed by atoms with E-state index in [0.717, 1.165) is 18.4 Å². The summed E-state index contributed by atoms with van der Waals surface area (Å²) in [6.45, 7) is 6.56. The largest absolute Gasteiger partial charge is 0.283 e. The Bertz CT molecular complexity index is 450. The number of amides is 1. The Hall–Kier alpha value is -1.35. The third-order valence-corrected chi connectivity index (χ3v) is 3.78. The highest BCUT2D eigenvalue weighted by Crippen LogP contribution is 2.49. The van der Waals surface area contributed by atoms with E-state index in [1.165, 1.54) is 10.6 Å². The summed E-state index contributed by atoms with van der Waals surface area (Å²) in [6.07, 6.45) is 1.81. The molecular formula is C15H22N2O. The fourth-order valence-electron chi connectivity index (χ4n) is 2.38. The summed E-state index contributed by atoms with van der Waals surface area (Å²) in [7, 11) is 1.62. The molecule has 3 heteroatoms. The third-order valence-electron chi connectivity index (χ3n) is 3.78. The van der Waals surface area contributed by atoms with Crippen LogP contribution >= 0.6 is 0 Å². The molecule has 1 aliphatic carbocycles. The van der Waals surface area contributed by atoms with Crippen LogP contribution in [-0.2, 0) is 15.6 Å². The van der Waals surface area contributed by atoms with E-state index in [2.05, 4.69) is 45.0 Å². The Labute approximate surface area is 109 Å². The van der Waals surface area contributed by atoms with E-state index in [1.54, 1.807) is 7.05 Å². The lowest BCUT2D eigenvalue weighted by atomic mass is 9.85. The van der Waals surface area contributed by atoms with Crippen molar-refractivity contribution >= 4 is 5.91 Å². The van der Waals surface area contributed by atoms with Crippen LogP contribution in [0.4, 0.5) is 0 Å². The van der Waals surface area contributed by atoms with Gasteiger partial charge in [0.1, 0.15) is 0 Å². The molecule has 1 aromatic carbocycles. The molecule has 1 amide bonds. The van der Waals surface area contributed by atoms with Crippen molar-refractivity contribution in [3.63, 3.8) is 0 Å². The lowest BCUT2D eigenvalue weighted by Gasteiger charge is -2.22. The van der Waals surface area contributed by atoms with Gasteiger partial charge in [-0.25, -0.2) is 5.84 Å². The topological polar surface area (TPSA) is 46.3 Å². The summed E-state index contributed by atoms with van der Waals surface area (Å²) in [5.41, 5.74) is 2.18. The second kappa shape index (κ2) is 4.09. The average molecular weight is 246 g/mol. The number of hydrogen-bond acceptors (Lipinski definition) is 2. The van der Waals surface area contributed by atoms with Crippen LogP contribution in [0.15, 0.2) is 24.3 Å². The van der Waals surface area contributed by atoms with Crippen molar-refractivity contribution < 1.29 is 4.79 Å². The second-order valence-electron chi connectivity index (χ2n) is 6.33. The molecule has 1 aromatic rings. The van der Waals surface area contributed by atoms with Gasteiger partial charge < -0.3 is 0 Å². The van der Waals surface area contributed by atoms with Crippen molar-refractivity contribution in [2.45, 2.75) is 44.4 Å². The van der Waals surface area contributed by atoms with E-state index in [4.69, 9.17) is 5.84 Å². The first-order valence-electron chi connectivity index (χ1n) is 6.41. The van der Waals surface area contributed by atoms with Gasteiger partial charge in [-0.15, -0.1) is 0 Å². The molecule has 3 nitrogen and oxygen atoms in total. The molecule has 0 bridgehead atoms. The molecule has 1 saturated carbocycles. The summed E-state index contributed by atoms with van der Waals surface area (Å²) < 4.78 is 0. The summed E-state index contributed by atoms with van der Waals surface area (Å²) >= 11 is 0. The molecule has 0 spiro atoms. The van der Waals surface area contributed by atoms with E-state index in [0.29, 0.717) is 0 Å². The zero-order chi connectivity index (χ0) is 13.6. The number of carbonyl (C=O) groups is 1. The Morgan fingerprint density at radius 1 is 1.22 bits per heavy atom. The van der Waals surface area contributed by atoms with Crippen molar-refractivity contribution in [2.75, 3.05) is 7.05 Å². The van der Waals surface area contributed by atoms with Gasteiger partial charge in [-0.3, -0.25) is 9.80 Å². The molecule has 0 heterocycles. The van der Waals surface area contributed by atoms with Crippen molar-refractivity contribution in [1.82, 2.24) is 5.01 Å². The smallest absolute Gasteiger partial charge is 0.246 e. The van der Waals surface area contributed by atoms with Crippen LogP contribution in [0.5, 0.6) is 0 Å². The van der Waals surface area contributed by atoms with E-state index in [1.807, 2.05) is 0 Å². The minimum atomic E-state index is -0.347. The normalized spacial score (nSPS) is 17.4. The predicted octanol–water partition coefficient (Wildman–Crippen LogP) is 2.35. The fraction of sp³-hybridized carbons (Fsp3) is 0.533. The van der Waals surface area contributed by atoms with Gasteiger partial charge in [-0.05, 0) is 29.4 Å². The minimum absolute atomic E-state index is 0.0195. The molecule has 98 valence electrons. The third kappa shape index (κ3) is 2.15. The fourth-order valence-corrected chi connectivity index (χ4v) is 2.38. The molecule has 0 aromatic heterocycles. The van der Waals surface area contributed by atoms with Crippen LogP contribution in [0.2, 0.25) is 0 Å². The second-order valence-corrected chi connectivity index (χ2v) is 6.33. The molecule has 0 unspecified atom stereocenters. The van der Waals surface area contributed by atoms with E-state index >= 15 is 0 Å². The van der Waals surface area contributed by atoms with Gasteiger partial charge in [0.05, 0.1) is 5.41 Å². The first-order valence-corrected chi connectivity index (χ1v) is 6.41. The van der Waals surface area contributed by atoms with E-state index < -0.39 is 0 Å². The highest BCUT2D eigenvalue weighted by Gasteiger charge is 2.52. The van der Waals surface area contributed by atoms with Crippen LogP contribution in [-0.4, -0.2) is 18.0 Å². The quantitative estimate of drug-likeness (QED) is 0.494. The molecular weight excluding hydrogens is 224 g/mol. The maximum absolute atomic E-state index is 12.1. The summed E-state index contributed by atoms with van der Waals surface area (Å²) in [6, 6.07) is 8.41. The number of likely N-dealkylation sites (N-methyl/N-ethyl adjacent to an activating group) is 1. The maximum atomic E-state index is 12.1. The van der Waals surface area contributed by atoms with Crippen molar-refractivity contribution in [3.8, 4) is 0 Å². The van der Waals surface area contributed by atoms with Gasteiger partial charge in [-0.2, -0.15) is 0 Å². The zero-order valence-electron chi connectivity index (χ0n) is 11.7. The van der Waals surface area contributed by atoms with E-state index in [-0.39, 0.29) is 16.7 Å². The Kier molecular flexibility index (Phi) is 2.98. The number of nitrogens with two attached hydrogens (primary N) is 1. The molecule has 2 rings (SSSR count). The number of rotatable bonds is 2. The number of carbonyl (C=O) groups excluding carboxylic acids is 1. The van der Waals surface area contributed by atoms with Crippen LogP contribution in [0.25, 0.3) is 0 Å². The van der Waals surface area contributed by atoms with E-state index in [9.17, 15) is 4.79 Å². The molecule has 0 atom stereocenters. The molecule has 2 N–H and O–H groups in total. The SMILES string of the molecule is CN(N)C(=O)C1(c2ccc(C(C)(C)C)cc2)CC1. The van der Waals surface area contributed by atoms with Crippen molar-refractivity contribution in [3.05, 3.63) is 35.4 Å². The molecule has 0 radical (unpaired) electrons. The highest BCUT2D eigenvalue weighted by molar-refractivity contribution is 5.90. The summed E-state index contributed by atoms with van der Waals surface area (Å²) in [5, 5.41) is 1.21. The van der Waals surface area contributed by atoms with Crippen LogP contribution in [0.1, 0.15) is 44.7 Å². The van der Waals surface area contributed by atoms with Gasteiger partial charge in [0, 0.05) is 7.05 Å². The average Bonchev–Trinajstić information content (AvgIpc) is 3.08. The van der Waals surface area contributed by atoms with Gasteiger partial charge in [-0.1, -0.05) is 45.0 Å². The molecule has 1 fully saturated rings. The standard InChI is InChI=1S/C15H22N2O/c1-14(2,3)11-5-7-12(8-6-11)15(9-10-15)13(18)17(4)16/h5-8H,9-10,16H2,1-4H3. The van der Waals surface area contributed by atoms with Crippen molar-refractivity contribution in [1.29, 1.82) is 0 Å². The molecule has 0 aliphatic heterocycles. The number of hydrazine groups is 1.